The minimum absolute atomic E-state index is 0.635. The number of rotatable bonds is 1. The van der Waals surface area contributed by atoms with Crippen molar-refractivity contribution in [3.8, 4) is 0 Å². The summed E-state index contributed by atoms with van der Waals surface area (Å²) in [4.78, 5) is 2.36. The van der Waals surface area contributed by atoms with Crippen molar-refractivity contribution in [3.05, 3.63) is 35.0 Å². The highest BCUT2D eigenvalue weighted by molar-refractivity contribution is 5.86. The summed E-state index contributed by atoms with van der Waals surface area (Å²) < 4.78 is 2.44. The van der Waals surface area contributed by atoms with Gasteiger partial charge in [0.15, 0.2) is 0 Å². The Morgan fingerprint density at radius 1 is 1.29 bits per heavy atom. The molecule has 0 fully saturated rings. The minimum Gasteiger partial charge on any atom is -0.342 e. The van der Waals surface area contributed by atoms with Gasteiger partial charge in [0.05, 0.1) is 0 Å². The number of nitrogens with two attached hydrogens (primary N) is 1. The largest absolute Gasteiger partial charge is 0.342 e. The average Bonchev–Trinajstić information content (AvgIpc) is 2.60. The Bertz CT molecular complexity index is 568. The number of aryl methyl sites for hydroxylation is 1. The lowest BCUT2D eigenvalue weighted by Crippen LogP contribution is -2.30. The van der Waals surface area contributed by atoms with E-state index < -0.39 is 0 Å². The molecular formula is C14H19N3. The molecule has 1 aliphatic rings. The number of hydrogen-bond donors (Lipinski definition) is 1. The molecule has 1 aliphatic heterocycles. The normalized spacial score (nSPS) is 16.4. The van der Waals surface area contributed by atoms with E-state index >= 15 is 0 Å². The van der Waals surface area contributed by atoms with Gasteiger partial charge in [-0.15, -0.1) is 0 Å². The first-order chi connectivity index (χ1) is 8.20. The fourth-order valence-electron chi connectivity index (χ4n) is 2.86. The summed E-state index contributed by atoms with van der Waals surface area (Å²) >= 11 is 0. The summed E-state index contributed by atoms with van der Waals surface area (Å²) in [6.07, 6.45) is 0. The van der Waals surface area contributed by atoms with Crippen molar-refractivity contribution < 1.29 is 0 Å². The second-order valence-corrected chi connectivity index (χ2v) is 5.04. The Balaban J connectivity index is 2.31. The SMILES string of the molecule is Cc1ccc2c(c1)c(CN)c1n2CCN(C)C1. The molecule has 2 aromatic rings. The van der Waals surface area contributed by atoms with Crippen molar-refractivity contribution in [2.75, 3.05) is 13.6 Å². The van der Waals surface area contributed by atoms with Gasteiger partial charge in [-0.2, -0.15) is 0 Å². The number of nitrogens with zero attached hydrogens (tertiary/aromatic N) is 2. The van der Waals surface area contributed by atoms with Gasteiger partial charge in [0.2, 0.25) is 0 Å². The van der Waals surface area contributed by atoms with E-state index in [1.54, 1.807) is 0 Å². The fraction of sp³-hybridized carbons (Fsp3) is 0.429. The zero-order chi connectivity index (χ0) is 12.0. The third-order valence-electron chi connectivity index (χ3n) is 3.77. The molecule has 0 saturated carbocycles. The highest BCUT2D eigenvalue weighted by atomic mass is 15.2. The first-order valence-corrected chi connectivity index (χ1v) is 6.20. The van der Waals surface area contributed by atoms with E-state index in [0.717, 1.165) is 19.6 Å². The molecule has 0 unspecified atom stereocenters. The van der Waals surface area contributed by atoms with Gasteiger partial charge in [-0.05, 0) is 31.7 Å². The van der Waals surface area contributed by atoms with Crippen LogP contribution >= 0.6 is 0 Å². The van der Waals surface area contributed by atoms with E-state index in [9.17, 15) is 0 Å². The van der Waals surface area contributed by atoms with E-state index in [0.29, 0.717) is 6.54 Å². The number of aromatic nitrogens is 1. The molecule has 0 atom stereocenters. The van der Waals surface area contributed by atoms with Gasteiger partial charge in [0.25, 0.3) is 0 Å². The molecule has 3 rings (SSSR count). The lowest BCUT2D eigenvalue weighted by Gasteiger charge is -2.26. The van der Waals surface area contributed by atoms with Gasteiger partial charge < -0.3 is 10.3 Å². The Morgan fingerprint density at radius 3 is 2.88 bits per heavy atom. The van der Waals surface area contributed by atoms with Crippen LogP contribution in [0.4, 0.5) is 0 Å². The summed E-state index contributed by atoms with van der Waals surface area (Å²) in [5, 5.41) is 1.35. The Hall–Kier alpha value is -1.32. The molecule has 1 aromatic carbocycles. The summed E-state index contributed by atoms with van der Waals surface area (Å²) in [6.45, 7) is 5.99. The monoisotopic (exact) mass is 229 g/mol. The van der Waals surface area contributed by atoms with Gasteiger partial charge >= 0.3 is 0 Å². The van der Waals surface area contributed by atoms with E-state index in [4.69, 9.17) is 5.73 Å². The minimum atomic E-state index is 0.635. The van der Waals surface area contributed by atoms with Gasteiger partial charge in [-0.1, -0.05) is 11.6 Å². The maximum Gasteiger partial charge on any atom is 0.0486 e. The summed E-state index contributed by atoms with van der Waals surface area (Å²) in [6, 6.07) is 6.69. The first kappa shape index (κ1) is 10.8. The third kappa shape index (κ3) is 1.58. The molecule has 3 heteroatoms. The molecule has 90 valence electrons. The molecule has 2 N–H and O–H groups in total. The van der Waals surface area contributed by atoms with Crippen LogP contribution in [-0.4, -0.2) is 23.1 Å². The second kappa shape index (κ2) is 3.86. The smallest absolute Gasteiger partial charge is 0.0486 e. The van der Waals surface area contributed by atoms with E-state index in [1.165, 1.54) is 27.7 Å². The van der Waals surface area contributed by atoms with Crippen molar-refractivity contribution in [2.45, 2.75) is 26.6 Å². The van der Waals surface area contributed by atoms with Crippen LogP contribution in [0.2, 0.25) is 0 Å². The number of hydrogen-bond acceptors (Lipinski definition) is 2. The number of benzene rings is 1. The number of fused-ring (bicyclic) bond motifs is 3. The molecule has 0 aliphatic carbocycles. The standard InChI is InChI=1S/C14H19N3/c1-10-3-4-13-11(7-10)12(8-15)14-9-16(2)5-6-17(13)14/h3-4,7H,5-6,8-9,15H2,1-2H3. The lowest BCUT2D eigenvalue weighted by atomic mass is 10.1. The quantitative estimate of drug-likeness (QED) is 0.810. The second-order valence-electron chi connectivity index (χ2n) is 5.04. The van der Waals surface area contributed by atoms with Gasteiger partial charge in [0, 0.05) is 42.8 Å². The molecule has 0 bridgehead atoms. The molecule has 0 radical (unpaired) electrons. The van der Waals surface area contributed by atoms with Gasteiger partial charge in [-0.25, -0.2) is 0 Å². The molecule has 2 heterocycles. The summed E-state index contributed by atoms with van der Waals surface area (Å²) in [5.74, 6) is 0. The molecule has 1 aromatic heterocycles. The third-order valence-corrected chi connectivity index (χ3v) is 3.77. The highest BCUT2D eigenvalue weighted by Gasteiger charge is 2.20. The fourth-order valence-corrected chi connectivity index (χ4v) is 2.86. The van der Waals surface area contributed by atoms with Crippen LogP contribution in [0.1, 0.15) is 16.8 Å². The molecular weight excluding hydrogens is 210 g/mol. The molecule has 0 amide bonds. The Labute approximate surface area is 102 Å². The molecule has 0 spiro atoms. The predicted octanol–water partition coefficient (Wildman–Crippen LogP) is 1.85. The van der Waals surface area contributed by atoms with Crippen molar-refractivity contribution in [1.82, 2.24) is 9.47 Å². The Kier molecular flexibility index (Phi) is 2.45. The average molecular weight is 229 g/mol. The van der Waals surface area contributed by atoms with Crippen LogP contribution in [-0.2, 0) is 19.6 Å². The zero-order valence-electron chi connectivity index (χ0n) is 10.5. The van der Waals surface area contributed by atoms with Crippen LogP contribution in [0.25, 0.3) is 10.9 Å². The molecule has 3 nitrogen and oxygen atoms in total. The maximum absolute atomic E-state index is 5.95. The lowest BCUT2D eigenvalue weighted by molar-refractivity contribution is 0.271. The van der Waals surface area contributed by atoms with Gasteiger partial charge in [-0.3, -0.25) is 4.90 Å². The van der Waals surface area contributed by atoms with Crippen molar-refractivity contribution in [3.63, 3.8) is 0 Å². The van der Waals surface area contributed by atoms with Crippen LogP contribution in [0.3, 0.4) is 0 Å². The molecule has 17 heavy (non-hydrogen) atoms. The van der Waals surface area contributed by atoms with E-state index in [-0.39, 0.29) is 0 Å². The van der Waals surface area contributed by atoms with Crippen molar-refractivity contribution >= 4 is 10.9 Å². The summed E-state index contributed by atoms with van der Waals surface area (Å²) in [7, 11) is 2.17. The summed E-state index contributed by atoms with van der Waals surface area (Å²) in [5.41, 5.74) is 11.3. The van der Waals surface area contributed by atoms with Gasteiger partial charge in [0.1, 0.15) is 0 Å². The van der Waals surface area contributed by atoms with Crippen molar-refractivity contribution in [1.29, 1.82) is 0 Å². The van der Waals surface area contributed by atoms with Crippen LogP contribution in [0.5, 0.6) is 0 Å². The van der Waals surface area contributed by atoms with Crippen LogP contribution in [0, 0.1) is 6.92 Å². The predicted molar refractivity (Wildman–Crippen MR) is 70.9 cm³/mol. The highest BCUT2D eigenvalue weighted by Crippen LogP contribution is 2.29. The Morgan fingerprint density at radius 2 is 2.12 bits per heavy atom. The number of likely N-dealkylation sites (N-methyl/N-ethyl adjacent to an activating group) is 1. The topological polar surface area (TPSA) is 34.2 Å². The van der Waals surface area contributed by atoms with E-state index in [1.807, 2.05) is 0 Å². The first-order valence-electron chi connectivity index (χ1n) is 6.20. The zero-order valence-corrected chi connectivity index (χ0v) is 10.5. The van der Waals surface area contributed by atoms with Crippen LogP contribution < -0.4 is 5.73 Å². The van der Waals surface area contributed by atoms with Crippen LogP contribution in [0.15, 0.2) is 18.2 Å². The van der Waals surface area contributed by atoms with Crippen molar-refractivity contribution in [2.24, 2.45) is 5.73 Å². The maximum atomic E-state index is 5.95. The van der Waals surface area contributed by atoms with E-state index in [2.05, 4.69) is 41.6 Å². The molecule has 0 saturated heterocycles.